The largest absolute Gasteiger partial charge is 0.386 e. The average Bonchev–Trinajstić information content (AvgIpc) is 3.16. The summed E-state index contributed by atoms with van der Waals surface area (Å²) < 4.78 is 5.75. The second-order valence-electron chi connectivity index (χ2n) is 5.55. The van der Waals surface area contributed by atoms with Crippen molar-refractivity contribution in [3.8, 4) is 0 Å². The molecule has 2 unspecified atom stereocenters. The van der Waals surface area contributed by atoms with Gasteiger partial charge < -0.3 is 15.6 Å². The van der Waals surface area contributed by atoms with E-state index < -0.39 is 5.60 Å². The van der Waals surface area contributed by atoms with Gasteiger partial charge in [0.15, 0.2) is 0 Å². The zero-order chi connectivity index (χ0) is 12.7. The Balaban J connectivity index is 2.11. The fourth-order valence-corrected chi connectivity index (χ4v) is 2.19. The lowest BCUT2D eigenvalue weighted by molar-refractivity contribution is -0.0776. The van der Waals surface area contributed by atoms with E-state index in [1.807, 2.05) is 0 Å². The van der Waals surface area contributed by atoms with Crippen LogP contribution in [-0.2, 0) is 4.74 Å². The molecule has 1 saturated carbocycles. The lowest BCUT2D eigenvalue weighted by Gasteiger charge is -2.28. The van der Waals surface area contributed by atoms with E-state index in [0.29, 0.717) is 19.1 Å². The van der Waals surface area contributed by atoms with E-state index in [1.54, 1.807) is 0 Å². The Morgan fingerprint density at radius 2 is 2.06 bits per heavy atom. The van der Waals surface area contributed by atoms with Gasteiger partial charge in [-0.05, 0) is 32.1 Å². The Morgan fingerprint density at radius 1 is 1.35 bits per heavy atom. The summed E-state index contributed by atoms with van der Waals surface area (Å²) in [6.07, 6.45) is 8.61. The summed E-state index contributed by atoms with van der Waals surface area (Å²) in [5, 5.41) is 10.3. The van der Waals surface area contributed by atoms with E-state index in [0.717, 1.165) is 19.3 Å². The van der Waals surface area contributed by atoms with Gasteiger partial charge >= 0.3 is 0 Å². The van der Waals surface area contributed by atoms with Crippen LogP contribution in [0.15, 0.2) is 0 Å². The molecule has 1 rings (SSSR count). The summed E-state index contributed by atoms with van der Waals surface area (Å²) in [6, 6.07) is 0. The highest BCUT2D eigenvalue weighted by Crippen LogP contribution is 2.39. The van der Waals surface area contributed by atoms with Gasteiger partial charge in [0.1, 0.15) is 5.60 Å². The molecule has 0 bridgehead atoms. The molecule has 0 radical (unpaired) electrons. The van der Waals surface area contributed by atoms with Gasteiger partial charge in [0.2, 0.25) is 0 Å². The minimum Gasteiger partial charge on any atom is -0.386 e. The van der Waals surface area contributed by atoms with Crippen LogP contribution in [0.2, 0.25) is 0 Å². The van der Waals surface area contributed by atoms with E-state index in [9.17, 15) is 5.11 Å². The van der Waals surface area contributed by atoms with E-state index in [4.69, 9.17) is 10.5 Å². The van der Waals surface area contributed by atoms with Crippen molar-refractivity contribution in [2.45, 2.75) is 70.5 Å². The number of rotatable bonds is 10. The molecule has 1 aliphatic carbocycles. The fourth-order valence-electron chi connectivity index (χ4n) is 2.19. The molecule has 3 N–H and O–H groups in total. The van der Waals surface area contributed by atoms with E-state index >= 15 is 0 Å². The summed E-state index contributed by atoms with van der Waals surface area (Å²) >= 11 is 0. The molecular formula is C14H29NO2. The second-order valence-corrected chi connectivity index (χ2v) is 5.55. The summed E-state index contributed by atoms with van der Waals surface area (Å²) in [6.45, 7) is 5.04. The van der Waals surface area contributed by atoms with Crippen LogP contribution in [0.25, 0.3) is 0 Å². The SMILES string of the molecule is CCCCCCC(C)OCC(O)(CN)C1CC1. The highest BCUT2D eigenvalue weighted by molar-refractivity contribution is 4.95. The van der Waals surface area contributed by atoms with Gasteiger partial charge in [-0.25, -0.2) is 0 Å². The lowest BCUT2D eigenvalue weighted by Crippen LogP contribution is -2.45. The third-order valence-corrected chi connectivity index (χ3v) is 3.77. The van der Waals surface area contributed by atoms with Crippen molar-refractivity contribution >= 4 is 0 Å². The van der Waals surface area contributed by atoms with E-state index in [2.05, 4.69) is 13.8 Å². The predicted molar refractivity (Wildman–Crippen MR) is 70.9 cm³/mol. The third-order valence-electron chi connectivity index (χ3n) is 3.77. The first kappa shape index (κ1) is 14.9. The van der Waals surface area contributed by atoms with Gasteiger partial charge in [-0.15, -0.1) is 0 Å². The Labute approximate surface area is 106 Å². The summed E-state index contributed by atoms with van der Waals surface area (Å²) in [5.41, 5.74) is 4.88. The summed E-state index contributed by atoms with van der Waals surface area (Å²) in [5.74, 6) is 0.375. The normalized spacial score (nSPS) is 21.2. The first-order chi connectivity index (χ1) is 8.12. The standard InChI is InChI=1S/C14H29NO2/c1-3-4-5-6-7-12(2)17-11-14(16,10-15)13-8-9-13/h12-13,16H,3-11,15H2,1-2H3. The van der Waals surface area contributed by atoms with Crippen LogP contribution in [0.5, 0.6) is 0 Å². The minimum atomic E-state index is -0.766. The number of nitrogens with two attached hydrogens (primary N) is 1. The maximum absolute atomic E-state index is 10.3. The van der Waals surface area contributed by atoms with E-state index in [-0.39, 0.29) is 6.10 Å². The molecule has 0 aromatic rings. The number of hydrogen-bond donors (Lipinski definition) is 2. The third kappa shape index (κ3) is 5.36. The summed E-state index contributed by atoms with van der Waals surface area (Å²) in [4.78, 5) is 0. The number of ether oxygens (including phenoxy) is 1. The topological polar surface area (TPSA) is 55.5 Å². The van der Waals surface area contributed by atoms with Gasteiger partial charge in [-0.1, -0.05) is 32.6 Å². The van der Waals surface area contributed by atoms with Crippen LogP contribution in [-0.4, -0.2) is 30.0 Å². The molecule has 1 fully saturated rings. The molecule has 2 atom stereocenters. The maximum atomic E-state index is 10.3. The molecule has 17 heavy (non-hydrogen) atoms. The molecule has 102 valence electrons. The van der Waals surface area contributed by atoms with Crippen LogP contribution in [0.4, 0.5) is 0 Å². The molecule has 1 aliphatic rings. The monoisotopic (exact) mass is 243 g/mol. The van der Waals surface area contributed by atoms with Gasteiger partial charge in [-0.3, -0.25) is 0 Å². The molecule has 0 amide bonds. The Kier molecular flexibility index (Phi) is 6.45. The van der Waals surface area contributed by atoms with Crippen molar-refractivity contribution in [1.82, 2.24) is 0 Å². The smallest absolute Gasteiger partial charge is 0.103 e. The molecule has 0 spiro atoms. The van der Waals surface area contributed by atoms with Crippen LogP contribution < -0.4 is 5.73 Å². The zero-order valence-electron chi connectivity index (χ0n) is 11.5. The first-order valence-corrected chi connectivity index (χ1v) is 7.16. The predicted octanol–water partition coefficient (Wildman–Crippen LogP) is 2.46. The van der Waals surface area contributed by atoms with Crippen molar-refractivity contribution in [2.75, 3.05) is 13.2 Å². The van der Waals surface area contributed by atoms with Crippen LogP contribution in [0, 0.1) is 5.92 Å². The molecule has 3 heteroatoms. The Morgan fingerprint density at radius 3 is 2.59 bits per heavy atom. The fraction of sp³-hybridized carbons (Fsp3) is 1.00. The second kappa shape index (κ2) is 7.34. The summed E-state index contributed by atoms with van der Waals surface area (Å²) in [7, 11) is 0. The highest BCUT2D eigenvalue weighted by atomic mass is 16.5. The molecular weight excluding hydrogens is 214 g/mol. The van der Waals surface area contributed by atoms with Gasteiger partial charge in [0.25, 0.3) is 0 Å². The zero-order valence-corrected chi connectivity index (χ0v) is 11.5. The Hall–Kier alpha value is -0.120. The first-order valence-electron chi connectivity index (χ1n) is 7.16. The number of unbranched alkanes of at least 4 members (excludes halogenated alkanes) is 3. The number of hydrogen-bond acceptors (Lipinski definition) is 3. The van der Waals surface area contributed by atoms with Crippen molar-refractivity contribution < 1.29 is 9.84 Å². The van der Waals surface area contributed by atoms with Gasteiger partial charge in [-0.2, -0.15) is 0 Å². The lowest BCUT2D eigenvalue weighted by atomic mass is 9.99. The Bertz CT molecular complexity index is 206. The van der Waals surface area contributed by atoms with E-state index in [1.165, 1.54) is 25.7 Å². The molecule has 0 aliphatic heterocycles. The van der Waals surface area contributed by atoms with Gasteiger partial charge in [0, 0.05) is 6.54 Å². The molecule has 0 heterocycles. The average molecular weight is 243 g/mol. The quantitative estimate of drug-likeness (QED) is 0.580. The molecule has 0 aromatic heterocycles. The van der Waals surface area contributed by atoms with Gasteiger partial charge in [0.05, 0.1) is 12.7 Å². The molecule has 3 nitrogen and oxygen atoms in total. The van der Waals surface area contributed by atoms with Crippen molar-refractivity contribution in [2.24, 2.45) is 11.7 Å². The van der Waals surface area contributed by atoms with Crippen molar-refractivity contribution in [3.05, 3.63) is 0 Å². The van der Waals surface area contributed by atoms with Crippen molar-refractivity contribution in [3.63, 3.8) is 0 Å². The minimum absolute atomic E-state index is 0.240. The van der Waals surface area contributed by atoms with Crippen LogP contribution >= 0.6 is 0 Å². The van der Waals surface area contributed by atoms with Crippen molar-refractivity contribution in [1.29, 1.82) is 0 Å². The number of aliphatic hydroxyl groups is 1. The highest BCUT2D eigenvalue weighted by Gasteiger charge is 2.43. The molecule has 0 aromatic carbocycles. The molecule has 0 saturated heterocycles. The van der Waals surface area contributed by atoms with Crippen LogP contribution in [0.3, 0.4) is 0 Å². The maximum Gasteiger partial charge on any atom is 0.103 e. The van der Waals surface area contributed by atoms with Crippen LogP contribution in [0.1, 0.15) is 58.8 Å².